The van der Waals surface area contributed by atoms with Crippen molar-refractivity contribution in [3.63, 3.8) is 0 Å². The summed E-state index contributed by atoms with van der Waals surface area (Å²) in [6.45, 7) is 1.98. The van der Waals surface area contributed by atoms with Crippen LogP contribution < -0.4 is 0 Å². The highest BCUT2D eigenvalue weighted by Crippen LogP contribution is 2.29. The zero-order valence-corrected chi connectivity index (χ0v) is 18.0. The maximum Gasteiger partial charge on any atom is 0.129 e. The van der Waals surface area contributed by atoms with E-state index in [0.29, 0.717) is 12.0 Å². The maximum atomic E-state index is 14.8. The van der Waals surface area contributed by atoms with Crippen LogP contribution in [0.2, 0.25) is 0 Å². The van der Waals surface area contributed by atoms with Gasteiger partial charge >= 0.3 is 0 Å². The highest BCUT2D eigenvalue weighted by Gasteiger charge is 2.16. The molecule has 4 aromatic carbocycles. The summed E-state index contributed by atoms with van der Waals surface area (Å²) in [5.41, 5.74) is 4.68. The maximum absolute atomic E-state index is 14.8. The van der Waals surface area contributed by atoms with Crippen molar-refractivity contribution in [3.8, 4) is 11.1 Å². The zero-order chi connectivity index (χ0) is 22.5. The van der Waals surface area contributed by atoms with Crippen molar-refractivity contribution in [2.24, 2.45) is 0 Å². The van der Waals surface area contributed by atoms with Crippen molar-refractivity contribution in [1.82, 2.24) is 0 Å². The number of rotatable bonds is 7. The quantitative estimate of drug-likeness (QED) is 0.279. The number of hydrogen-bond acceptors (Lipinski definition) is 0. The second-order valence-electron chi connectivity index (χ2n) is 8.26. The third-order valence-electron chi connectivity index (χ3n) is 5.92. The molecule has 0 aromatic heterocycles. The molecule has 4 rings (SSSR count). The van der Waals surface area contributed by atoms with Crippen LogP contribution in [0, 0.1) is 17.5 Å². The van der Waals surface area contributed by atoms with Gasteiger partial charge in [-0.05, 0) is 77.3 Å². The minimum atomic E-state index is -0.511. The van der Waals surface area contributed by atoms with Gasteiger partial charge in [0.1, 0.15) is 17.5 Å². The van der Waals surface area contributed by atoms with Gasteiger partial charge in [-0.25, -0.2) is 13.2 Å². The van der Waals surface area contributed by atoms with E-state index in [-0.39, 0.29) is 17.3 Å². The highest BCUT2D eigenvalue weighted by molar-refractivity contribution is 5.64. The summed E-state index contributed by atoms with van der Waals surface area (Å²) < 4.78 is 42.7. The lowest BCUT2D eigenvalue weighted by Gasteiger charge is -2.14. The van der Waals surface area contributed by atoms with Crippen LogP contribution in [-0.2, 0) is 19.3 Å². The molecule has 0 amide bonds. The number of aryl methyl sites for hydroxylation is 2. The predicted molar refractivity (Wildman–Crippen MR) is 124 cm³/mol. The Kier molecular flexibility index (Phi) is 6.75. The molecular weight excluding hydrogens is 405 g/mol. The molecule has 4 aromatic rings. The highest BCUT2D eigenvalue weighted by atomic mass is 19.1. The molecule has 0 saturated heterocycles. The first-order valence-corrected chi connectivity index (χ1v) is 10.9. The Labute approximate surface area is 187 Å². The van der Waals surface area contributed by atoms with Crippen molar-refractivity contribution >= 4 is 0 Å². The molecule has 162 valence electrons. The van der Waals surface area contributed by atoms with Crippen molar-refractivity contribution in [2.45, 2.75) is 32.1 Å². The summed E-state index contributed by atoms with van der Waals surface area (Å²) in [6.07, 6.45) is 1.92. The molecule has 32 heavy (non-hydrogen) atoms. The minimum Gasteiger partial charge on any atom is -0.207 e. The van der Waals surface area contributed by atoms with Crippen LogP contribution in [-0.4, -0.2) is 0 Å². The Morgan fingerprint density at radius 1 is 0.625 bits per heavy atom. The van der Waals surface area contributed by atoms with Crippen molar-refractivity contribution in [3.05, 3.63) is 131 Å². The number of hydrogen-bond donors (Lipinski definition) is 0. The fourth-order valence-corrected chi connectivity index (χ4v) is 3.97. The summed E-state index contributed by atoms with van der Waals surface area (Å²) in [5.74, 6) is -1.24. The zero-order valence-electron chi connectivity index (χ0n) is 18.0. The molecule has 0 N–H and O–H groups in total. The third kappa shape index (κ3) is 5.28. The lowest BCUT2D eigenvalue weighted by Crippen LogP contribution is -2.04. The SMILES string of the molecule is C[C@H](Cc1c(F)cc(-c2ccc(CCc3ccc(F)cc3)cc2)cc1F)c1ccccc1. The van der Waals surface area contributed by atoms with Crippen LogP contribution in [0.15, 0.2) is 91.0 Å². The molecule has 0 heterocycles. The molecular formula is C29H25F3. The van der Waals surface area contributed by atoms with Crippen LogP contribution in [0.1, 0.15) is 35.1 Å². The van der Waals surface area contributed by atoms with Gasteiger partial charge in [0, 0.05) is 5.56 Å². The standard InChI is InChI=1S/C29H25F3/c1-20(23-5-3-2-4-6-23)17-27-28(31)18-25(19-29(27)32)24-13-9-21(10-14-24)7-8-22-11-15-26(30)16-12-22/h2-6,9-16,18-20H,7-8,17H2,1H3/t20-/m1/s1. The Morgan fingerprint density at radius 3 is 1.72 bits per heavy atom. The number of halogens is 3. The predicted octanol–water partition coefficient (Wildman–Crippen LogP) is 7.90. The summed E-state index contributed by atoms with van der Waals surface area (Å²) >= 11 is 0. The topological polar surface area (TPSA) is 0 Å². The fraction of sp³-hybridized carbons (Fsp3) is 0.172. The minimum absolute atomic E-state index is 0.0199. The molecule has 0 unspecified atom stereocenters. The summed E-state index contributed by atoms with van der Waals surface area (Å²) in [4.78, 5) is 0. The van der Waals surface area contributed by atoms with Gasteiger partial charge in [0.05, 0.1) is 0 Å². The van der Waals surface area contributed by atoms with Crippen LogP contribution in [0.25, 0.3) is 11.1 Å². The van der Waals surface area contributed by atoms with Crippen LogP contribution in [0.5, 0.6) is 0 Å². The first kappa shape index (κ1) is 21.9. The largest absolute Gasteiger partial charge is 0.207 e. The molecule has 3 heteroatoms. The molecule has 0 bridgehead atoms. The van der Waals surface area contributed by atoms with Crippen LogP contribution in [0.3, 0.4) is 0 Å². The Morgan fingerprint density at radius 2 is 1.16 bits per heavy atom. The second kappa shape index (κ2) is 9.86. The Hall–Kier alpha value is -3.33. The first-order valence-electron chi connectivity index (χ1n) is 10.9. The summed E-state index contributed by atoms with van der Waals surface area (Å²) in [7, 11) is 0. The van der Waals surface area contributed by atoms with Gasteiger partial charge < -0.3 is 0 Å². The smallest absolute Gasteiger partial charge is 0.129 e. The van der Waals surface area contributed by atoms with Gasteiger partial charge in [-0.1, -0.05) is 73.7 Å². The van der Waals surface area contributed by atoms with Gasteiger partial charge in [0.2, 0.25) is 0 Å². The summed E-state index contributed by atoms with van der Waals surface area (Å²) in [5, 5.41) is 0. The molecule has 0 saturated carbocycles. The monoisotopic (exact) mass is 430 g/mol. The van der Waals surface area contributed by atoms with E-state index in [0.717, 1.165) is 35.1 Å². The van der Waals surface area contributed by atoms with E-state index in [4.69, 9.17) is 0 Å². The average Bonchev–Trinajstić information content (AvgIpc) is 2.81. The first-order chi connectivity index (χ1) is 15.5. The van der Waals surface area contributed by atoms with E-state index in [2.05, 4.69) is 0 Å². The molecule has 0 aliphatic rings. The van der Waals surface area contributed by atoms with Crippen LogP contribution >= 0.6 is 0 Å². The Balaban J connectivity index is 1.46. The van der Waals surface area contributed by atoms with Gasteiger partial charge in [0.15, 0.2) is 0 Å². The molecule has 0 aliphatic carbocycles. The van der Waals surface area contributed by atoms with Crippen molar-refractivity contribution in [2.75, 3.05) is 0 Å². The van der Waals surface area contributed by atoms with E-state index in [9.17, 15) is 13.2 Å². The molecule has 0 aliphatic heterocycles. The van der Waals surface area contributed by atoms with Gasteiger partial charge in [-0.3, -0.25) is 0 Å². The molecule has 0 radical (unpaired) electrons. The lowest BCUT2D eigenvalue weighted by molar-refractivity contribution is 0.544. The molecule has 0 nitrogen and oxygen atoms in total. The number of benzene rings is 4. The van der Waals surface area contributed by atoms with Crippen molar-refractivity contribution < 1.29 is 13.2 Å². The van der Waals surface area contributed by atoms with Gasteiger partial charge in [-0.2, -0.15) is 0 Å². The fourth-order valence-electron chi connectivity index (χ4n) is 3.97. The normalized spacial score (nSPS) is 12.0. The van der Waals surface area contributed by atoms with E-state index >= 15 is 0 Å². The van der Waals surface area contributed by atoms with E-state index in [1.54, 1.807) is 12.1 Å². The van der Waals surface area contributed by atoms with E-state index < -0.39 is 11.6 Å². The van der Waals surface area contributed by atoms with Crippen molar-refractivity contribution in [1.29, 1.82) is 0 Å². The van der Waals surface area contributed by atoms with Gasteiger partial charge in [0.25, 0.3) is 0 Å². The van der Waals surface area contributed by atoms with Crippen LogP contribution in [0.4, 0.5) is 13.2 Å². The molecule has 0 spiro atoms. The second-order valence-corrected chi connectivity index (χ2v) is 8.26. The lowest BCUT2D eigenvalue weighted by atomic mass is 9.92. The molecule has 1 atom stereocenters. The van der Waals surface area contributed by atoms with E-state index in [1.165, 1.54) is 24.3 Å². The van der Waals surface area contributed by atoms with Gasteiger partial charge in [-0.15, -0.1) is 0 Å². The third-order valence-corrected chi connectivity index (χ3v) is 5.92. The average molecular weight is 431 g/mol. The van der Waals surface area contributed by atoms with E-state index in [1.807, 2.05) is 61.5 Å². The Bertz CT molecular complexity index is 1140. The molecule has 0 fully saturated rings. The summed E-state index contributed by atoms with van der Waals surface area (Å²) in [6, 6.07) is 26.8.